The van der Waals surface area contributed by atoms with Gasteiger partial charge in [-0.25, -0.2) is 8.78 Å². The van der Waals surface area contributed by atoms with Crippen molar-refractivity contribution in [2.24, 2.45) is 0 Å². The molecule has 1 heterocycles. The standard InChI is InChI=1S/C15H19ClF2N2O2/c1-2-10(21)9-19-3-5-20(6-4-19)15(22)11-7-13(17)14(18)8-12(11)16/h7-8,10,21H,2-6,9H2,1H3. The van der Waals surface area contributed by atoms with Crippen molar-refractivity contribution in [3.8, 4) is 0 Å². The predicted octanol–water partition coefficient (Wildman–Crippen LogP) is 2.15. The summed E-state index contributed by atoms with van der Waals surface area (Å²) in [7, 11) is 0. The molecule has 2 rings (SSSR count). The van der Waals surface area contributed by atoms with E-state index in [9.17, 15) is 18.7 Å². The molecule has 0 saturated carbocycles. The number of hydrogen-bond acceptors (Lipinski definition) is 3. The second kappa shape index (κ2) is 7.35. The number of benzene rings is 1. The number of carbonyl (C=O) groups is 1. The maximum Gasteiger partial charge on any atom is 0.255 e. The highest BCUT2D eigenvalue weighted by Gasteiger charge is 2.25. The largest absolute Gasteiger partial charge is 0.392 e. The highest BCUT2D eigenvalue weighted by Crippen LogP contribution is 2.22. The van der Waals surface area contributed by atoms with Gasteiger partial charge in [0.05, 0.1) is 16.7 Å². The first kappa shape index (κ1) is 17.1. The Morgan fingerprint density at radius 1 is 1.27 bits per heavy atom. The molecule has 122 valence electrons. The molecule has 1 aliphatic rings. The van der Waals surface area contributed by atoms with Gasteiger partial charge in [-0.05, 0) is 18.6 Å². The van der Waals surface area contributed by atoms with Crippen LogP contribution in [0.3, 0.4) is 0 Å². The summed E-state index contributed by atoms with van der Waals surface area (Å²) >= 11 is 5.83. The van der Waals surface area contributed by atoms with Crippen LogP contribution in [0.4, 0.5) is 8.78 Å². The van der Waals surface area contributed by atoms with E-state index < -0.39 is 17.5 Å². The quantitative estimate of drug-likeness (QED) is 0.859. The van der Waals surface area contributed by atoms with E-state index in [-0.39, 0.29) is 16.7 Å². The summed E-state index contributed by atoms with van der Waals surface area (Å²) in [5.74, 6) is -2.56. The Balaban J connectivity index is 1.99. The molecule has 1 N–H and O–H groups in total. The zero-order valence-corrected chi connectivity index (χ0v) is 13.1. The van der Waals surface area contributed by atoms with E-state index in [4.69, 9.17) is 11.6 Å². The molecular formula is C15H19ClF2N2O2. The summed E-state index contributed by atoms with van der Waals surface area (Å²) in [5.41, 5.74) is -0.0254. The van der Waals surface area contributed by atoms with Crippen LogP contribution in [0.1, 0.15) is 23.7 Å². The minimum Gasteiger partial charge on any atom is -0.392 e. The highest BCUT2D eigenvalue weighted by molar-refractivity contribution is 6.33. The van der Waals surface area contributed by atoms with E-state index in [2.05, 4.69) is 4.90 Å². The van der Waals surface area contributed by atoms with E-state index in [0.717, 1.165) is 12.1 Å². The lowest BCUT2D eigenvalue weighted by Crippen LogP contribution is -2.50. The van der Waals surface area contributed by atoms with Gasteiger partial charge in [-0.1, -0.05) is 18.5 Å². The Bertz CT molecular complexity index is 549. The molecule has 0 aliphatic carbocycles. The fourth-order valence-electron chi connectivity index (χ4n) is 2.42. The molecule has 0 radical (unpaired) electrons. The van der Waals surface area contributed by atoms with Crippen molar-refractivity contribution in [2.45, 2.75) is 19.4 Å². The molecule has 22 heavy (non-hydrogen) atoms. The van der Waals surface area contributed by atoms with Gasteiger partial charge in [0.2, 0.25) is 0 Å². The Morgan fingerprint density at radius 3 is 2.45 bits per heavy atom. The van der Waals surface area contributed by atoms with Gasteiger partial charge >= 0.3 is 0 Å². The Morgan fingerprint density at radius 2 is 1.86 bits per heavy atom. The van der Waals surface area contributed by atoms with Crippen LogP contribution in [0.2, 0.25) is 5.02 Å². The number of halogens is 3. The minimum atomic E-state index is -1.09. The van der Waals surface area contributed by atoms with Gasteiger partial charge in [0.25, 0.3) is 5.91 Å². The third kappa shape index (κ3) is 3.94. The van der Waals surface area contributed by atoms with Crippen molar-refractivity contribution in [3.05, 3.63) is 34.4 Å². The number of aliphatic hydroxyl groups excluding tert-OH is 1. The number of nitrogens with zero attached hydrogens (tertiary/aromatic N) is 2. The second-order valence-corrected chi connectivity index (χ2v) is 5.81. The van der Waals surface area contributed by atoms with Crippen LogP contribution in [-0.2, 0) is 0 Å². The number of β-amino-alcohol motifs (C(OH)–C–C–N with tert-alkyl or cyclic N) is 1. The first-order chi connectivity index (χ1) is 10.4. The number of carbonyl (C=O) groups excluding carboxylic acids is 1. The average Bonchev–Trinajstić information content (AvgIpc) is 2.51. The first-order valence-corrected chi connectivity index (χ1v) is 7.64. The summed E-state index contributed by atoms with van der Waals surface area (Å²) in [6.07, 6.45) is 0.312. The van der Waals surface area contributed by atoms with Gasteiger partial charge in [0.15, 0.2) is 11.6 Å². The summed E-state index contributed by atoms with van der Waals surface area (Å²) in [6, 6.07) is 1.66. The number of aliphatic hydroxyl groups is 1. The molecule has 7 heteroatoms. The number of rotatable bonds is 4. The van der Waals surface area contributed by atoms with Crippen LogP contribution in [0.25, 0.3) is 0 Å². The number of hydrogen-bond donors (Lipinski definition) is 1. The lowest BCUT2D eigenvalue weighted by molar-refractivity contribution is 0.0523. The Kier molecular flexibility index (Phi) is 5.72. The molecule has 1 unspecified atom stereocenters. The molecule has 1 fully saturated rings. The van der Waals surface area contributed by atoms with Crippen LogP contribution < -0.4 is 0 Å². The number of piperazine rings is 1. The molecule has 1 aliphatic heterocycles. The summed E-state index contributed by atoms with van der Waals surface area (Å²) in [5, 5.41) is 9.55. The third-order valence-corrected chi connectivity index (χ3v) is 4.15. The number of amides is 1. The smallest absolute Gasteiger partial charge is 0.255 e. The SMILES string of the molecule is CCC(O)CN1CCN(C(=O)c2cc(F)c(F)cc2Cl)CC1. The van der Waals surface area contributed by atoms with Crippen molar-refractivity contribution in [2.75, 3.05) is 32.7 Å². The topological polar surface area (TPSA) is 43.8 Å². The fourth-order valence-corrected chi connectivity index (χ4v) is 2.65. The summed E-state index contributed by atoms with van der Waals surface area (Å²) < 4.78 is 26.3. The van der Waals surface area contributed by atoms with E-state index in [1.165, 1.54) is 0 Å². The maximum absolute atomic E-state index is 13.3. The van der Waals surface area contributed by atoms with Gasteiger partial charge in [0.1, 0.15) is 0 Å². The van der Waals surface area contributed by atoms with Crippen molar-refractivity contribution in [1.82, 2.24) is 9.80 Å². The van der Waals surface area contributed by atoms with E-state index in [1.807, 2.05) is 6.92 Å². The molecule has 1 saturated heterocycles. The Labute approximate surface area is 133 Å². The molecule has 0 aromatic heterocycles. The average molecular weight is 333 g/mol. The molecule has 4 nitrogen and oxygen atoms in total. The third-order valence-electron chi connectivity index (χ3n) is 3.84. The summed E-state index contributed by atoms with van der Waals surface area (Å²) in [6.45, 7) is 4.67. The van der Waals surface area contributed by atoms with Crippen LogP contribution in [-0.4, -0.2) is 59.6 Å². The fraction of sp³-hybridized carbons (Fsp3) is 0.533. The van der Waals surface area contributed by atoms with Gasteiger partial charge in [-0.3, -0.25) is 9.69 Å². The van der Waals surface area contributed by atoms with Crippen molar-refractivity contribution in [3.63, 3.8) is 0 Å². The molecule has 1 aromatic carbocycles. The van der Waals surface area contributed by atoms with Crippen molar-refractivity contribution < 1.29 is 18.7 Å². The van der Waals surface area contributed by atoms with Gasteiger partial charge < -0.3 is 10.0 Å². The molecule has 0 spiro atoms. The molecule has 1 aromatic rings. The van der Waals surface area contributed by atoms with E-state index >= 15 is 0 Å². The monoisotopic (exact) mass is 332 g/mol. The Hall–Kier alpha value is -1.24. The van der Waals surface area contributed by atoms with E-state index in [1.54, 1.807) is 4.90 Å². The van der Waals surface area contributed by atoms with Crippen LogP contribution in [0.15, 0.2) is 12.1 Å². The lowest BCUT2D eigenvalue weighted by atomic mass is 10.1. The first-order valence-electron chi connectivity index (χ1n) is 7.26. The van der Waals surface area contributed by atoms with Crippen LogP contribution in [0.5, 0.6) is 0 Å². The van der Waals surface area contributed by atoms with Crippen LogP contribution >= 0.6 is 11.6 Å². The van der Waals surface area contributed by atoms with E-state index in [0.29, 0.717) is 39.1 Å². The second-order valence-electron chi connectivity index (χ2n) is 5.40. The van der Waals surface area contributed by atoms with Crippen molar-refractivity contribution >= 4 is 17.5 Å². The molecule has 1 amide bonds. The van der Waals surface area contributed by atoms with Gasteiger partial charge in [-0.2, -0.15) is 0 Å². The zero-order valence-electron chi connectivity index (χ0n) is 12.4. The molecular weight excluding hydrogens is 314 g/mol. The lowest BCUT2D eigenvalue weighted by Gasteiger charge is -2.35. The van der Waals surface area contributed by atoms with Gasteiger partial charge in [-0.15, -0.1) is 0 Å². The molecule has 0 bridgehead atoms. The molecule has 1 atom stereocenters. The normalized spacial score (nSPS) is 17.6. The van der Waals surface area contributed by atoms with Gasteiger partial charge in [0, 0.05) is 32.7 Å². The van der Waals surface area contributed by atoms with Crippen molar-refractivity contribution in [1.29, 1.82) is 0 Å². The maximum atomic E-state index is 13.3. The minimum absolute atomic E-state index is 0.0254. The zero-order chi connectivity index (χ0) is 16.3. The summed E-state index contributed by atoms with van der Waals surface area (Å²) in [4.78, 5) is 16.0. The van der Waals surface area contributed by atoms with Crippen LogP contribution in [0, 0.1) is 11.6 Å². The predicted molar refractivity (Wildman–Crippen MR) is 80.0 cm³/mol. The highest BCUT2D eigenvalue weighted by atomic mass is 35.5.